The topological polar surface area (TPSA) is 58.9 Å². The van der Waals surface area contributed by atoms with Crippen LogP contribution in [0.1, 0.15) is 27.7 Å². The molecule has 0 fully saturated rings. The first-order valence-electron chi connectivity index (χ1n) is 5.56. The van der Waals surface area contributed by atoms with Gasteiger partial charge in [0.05, 0.1) is 24.4 Å². The Kier molecular flexibility index (Phi) is 6.12. The van der Waals surface area contributed by atoms with Gasteiger partial charge in [0.1, 0.15) is 0 Å². The number of aliphatic hydroxyl groups is 1. The van der Waals surface area contributed by atoms with E-state index in [1.165, 1.54) is 0 Å². The fourth-order valence-corrected chi connectivity index (χ4v) is 0.851. The minimum atomic E-state index is -1.17. The molecule has 0 aliphatic carbocycles. The van der Waals surface area contributed by atoms with E-state index in [-0.39, 0.29) is 6.61 Å². The molecule has 0 radical (unpaired) electrons. The zero-order valence-corrected chi connectivity index (χ0v) is 11.2. The van der Waals surface area contributed by atoms with Crippen molar-refractivity contribution in [1.82, 2.24) is 0 Å². The normalized spacial score (nSPS) is 12.4. The molecule has 0 aliphatic rings. The summed E-state index contributed by atoms with van der Waals surface area (Å²) in [4.78, 5) is 0. The maximum Gasteiger partial charge on any atom is 0.489 e. The van der Waals surface area contributed by atoms with Crippen LogP contribution in [-0.2, 0) is 9.39 Å². The van der Waals surface area contributed by atoms with E-state index in [0.717, 1.165) is 0 Å². The molecule has 0 unspecified atom stereocenters. The van der Waals surface area contributed by atoms with Gasteiger partial charge in [-0.05, 0) is 33.2 Å². The molecule has 0 aromatic carbocycles. The quantitative estimate of drug-likeness (QED) is 0.383. The minimum absolute atomic E-state index is 0.190. The summed E-state index contributed by atoms with van der Waals surface area (Å²) in [5.74, 6) is 0. The Morgan fingerprint density at radius 1 is 1.35 bits per heavy atom. The lowest BCUT2D eigenvalue weighted by atomic mass is 9.77. The zero-order valence-electron chi connectivity index (χ0n) is 11.2. The van der Waals surface area contributed by atoms with Crippen LogP contribution >= 0.6 is 0 Å². The molecule has 0 aromatic rings. The molecule has 0 saturated carbocycles. The van der Waals surface area contributed by atoms with Crippen molar-refractivity contribution < 1.29 is 19.5 Å². The van der Waals surface area contributed by atoms with Crippen LogP contribution in [0, 0.1) is 0 Å². The van der Waals surface area contributed by atoms with Gasteiger partial charge in [-0.2, -0.15) is 0 Å². The van der Waals surface area contributed by atoms with Crippen molar-refractivity contribution in [2.75, 3.05) is 13.2 Å². The molecule has 17 heavy (non-hydrogen) atoms. The molecule has 4 nitrogen and oxygen atoms in total. The molecule has 0 spiro atoms. The average molecular weight is 242 g/mol. The van der Waals surface area contributed by atoms with E-state index >= 15 is 0 Å². The number of hydrogen-bond acceptors (Lipinski definition) is 4. The third-order valence-corrected chi connectivity index (χ3v) is 2.75. The van der Waals surface area contributed by atoms with Crippen LogP contribution in [-0.4, -0.2) is 41.7 Å². The van der Waals surface area contributed by atoms with Crippen molar-refractivity contribution in [3.8, 4) is 0 Å². The van der Waals surface area contributed by atoms with Crippen molar-refractivity contribution in [1.29, 1.82) is 0 Å². The van der Waals surface area contributed by atoms with Crippen molar-refractivity contribution in [2.24, 2.45) is 0 Å². The van der Waals surface area contributed by atoms with Crippen LogP contribution in [0.4, 0.5) is 0 Å². The summed E-state index contributed by atoms with van der Waals surface area (Å²) in [7, 11) is -1.17. The second-order valence-corrected chi connectivity index (χ2v) is 5.00. The Morgan fingerprint density at radius 3 is 2.29 bits per heavy atom. The summed E-state index contributed by atoms with van der Waals surface area (Å²) in [6.45, 7) is 14.4. The lowest BCUT2D eigenvalue weighted by molar-refractivity contribution is -0.0991. The van der Waals surface area contributed by atoms with Gasteiger partial charge in [0, 0.05) is 0 Å². The summed E-state index contributed by atoms with van der Waals surface area (Å²) >= 11 is 0. The SMILES string of the molecule is C=CCOCC(=C)B(O)OC(C)(C)C(C)(C)O. The summed E-state index contributed by atoms with van der Waals surface area (Å²) < 4.78 is 10.5. The molecule has 2 N–H and O–H groups in total. The van der Waals surface area contributed by atoms with E-state index in [1.807, 2.05) is 0 Å². The van der Waals surface area contributed by atoms with Crippen LogP contribution < -0.4 is 0 Å². The Hall–Kier alpha value is -0.615. The van der Waals surface area contributed by atoms with Crippen LogP contribution in [0.2, 0.25) is 0 Å². The first kappa shape index (κ1) is 16.4. The second-order valence-electron chi connectivity index (χ2n) is 5.00. The molecular formula is C12H23BO4. The molecule has 0 heterocycles. The van der Waals surface area contributed by atoms with Gasteiger partial charge in [-0.15, -0.1) is 13.2 Å². The Balaban J connectivity index is 4.29. The third-order valence-electron chi connectivity index (χ3n) is 2.75. The zero-order chi connectivity index (χ0) is 13.7. The van der Waals surface area contributed by atoms with Gasteiger partial charge in [0.15, 0.2) is 0 Å². The maximum atomic E-state index is 9.88. The first-order chi connectivity index (χ1) is 7.62. The first-order valence-corrected chi connectivity index (χ1v) is 5.56. The summed E-state index contributed by atoms with van der Waals surface area (Å²) in [5, 5.41) is 19.7. The molecule has 0 rings (SSSR count). The largest absolute Gasteiger partial charge is 0.489 e. The highest BCUT2D eigenvalue weighted by Gasteiger charge is 2.39. The van der Waals surface area contributed by atoms with Crippen LogP contribution in [0.25, 0.3) is 0 Å². The monoisotopic (exact) mass is 242 g/mol. The molecule has 0 saturated heterocycles. The highest BCUT2D eigenvalue weighted by molar-refractivity contribution is 6.52. The number of rotatable bonds is 8. The molecule has 0 atom stereocenters. The smallest absolute Gasteiger partial charge is 0.423 e. The predicted molar refractivity (Wildman–Crippen MR) is 69.6 cm³/mol. The van der Waals surface area contributed by atoms with Crippen LogP contribution in [0.3, 0.4) is 0 Å². The van der Waals surface area contributed by atoms with Gasteiger partial charge in [0.2, 0.25) is 0 Å². The lowest BCUT2D eigenvalue weighted by Gasteiger charge is -2.38. The van der Waals surface area contributed by atoms with Gasteiger partial charge < -0.3 is 19.5 Å². The highest BCUT2D eigenvalue weighted by atomic mass is 16.6. The molecule has 0 aromatic heterocycles. The van der Waals surface area contributed by atoms with Crippen molar-refractivity contribution in [2.45, 2.75) is 38.9 Å². The van der Waals surface area contributed by atoms with E-state index in [1.54, 1.807) is 33.8 Å². The lowest BCUT2D eigenvalue weighted by Crippen LogP contribution is -2.51. The summed E-state index contributed by atoms with van der Waals surface area (Å²) in [6.07, 6.45) is 1.61. The van der Waals surface area contributed by atoms with Crippen molar-refractivity contribution in [3.63, 3.8) is 0 Å². The minimum Gasteiger partial charge on any atom is -0.423 e. The van der Waals surface area contributed by atoms with Gasteiger partial charge in [-0.1, -0.05) is 6.08 Å². The van der Waals surface area contributed by atoms with Crippen molar-refractivity contribution >= 4 is 7.12 Å². The average Bonchev–Trinajstić information content (AvgIpc) is 2.15. The third kappa shape index (κ3) is 5.50. The van der Waals surface area contributed by atoms with Gasteiger partial charge in [-0.3, -0.25) is 0 Å². The van der Waals surface area contributed by atoms with E-state index in [9.17, 15) is 10.1 Å². The number of ether oxygens (including phenoxy) is 1. The highest BCUT2D eigenvalue weighted by Crippen LogP contribution is 2.26. The second kappa shape index (κ2) is 6.35. The Labute approximate surface area is 104 Å². The van der Waals surface area contributed by atoms with E-state index in [4.69, 9.17) is 9.39 Å². The predicted octanol–water partition coefficient (Wildman–Crippen LogP) is 1.33. The molecular weight excluding hydrogens is 219 g/mol. The molecule has 0 aliphatic heterocycles. The fraction of sp³-hybridized carbons (Fsp3) is 0.667. The summed E-state index contributed by atoms with van der Waals surface area (Å²) in [6, 6.07) is 0. The van der Waals surface area contributed by atoms with Crippen molar-refractivity contribution in [3.05, 3.63) is 24.7 Å². The van der Waals surface area contributed by atoms with Crippen LogP contribution in [0.15, 0.2) is 24.7 Å². The van der Waals surface area contributed by atoms with Gasteiger partial charge >= 0.3 is 7.12 Å². The van der Waals surface area contributed by atoms with E-state index < -0.39 is 18.3 Å². The molecule has 0 amide bonds. The molecule has 5 heteroatoms. The maximum absolute atomic E-state index is 9.88. The standard InChI is InChI=1S/C12H23BO4/c1-7-8-16-9-10(2)13(15)17-12(5,6)11(3,4)14/h7,14-15H,1-2,8-9H2,3-6H3. The van der Waals surface area contributed by atoms with E-state index in [0.29, 0.717) is 12.1 Å². The Bertz CT molecular complexity index is 268. The van der Waals surface area contributed by atoms with Crippen LogP contribution in [0.5, 0.6) is 0 Å². The van der Waals surface area contributed by atoms with Gasteiger partial charge in [0.25, 0.3) is 0 Å². The number of hydrogen-bond donors (Lipinski definition) is 2. The summed E-state index contributed by atoms with van der Waals surface area (Å²) in [5.41, 5.74) is -1.56. The Morgan fingerprint density at radius 2 is 1.88 bits per heavy atom. The van der Waals surface area contributed by atoms with E-state index in [2.05, 4.69) is 13.2 Å². The molecule has 98 valence electrons. The van der Waals surface area contributed by atoms with Gasteiger partial charge in [-0.25, -0.2) is 0 Å². The molecule has 0 bridgehead atoms. The fourth-order valence-electron chi connectivity index (χ4n) is 0.851.